The maximum Gasteiger partial charge on any atom is 0.253 e. The third-order valence-corrected chi connectivity index (χ3v) is 6.10. The fourth-order valence-electron chi connectivity index (χ4n) is 2.88. The average Bonchev–Trinajstić information content (AvgIpc) is 2.58. The van der Waals surface area contributed by atoms with Crippen LogP contribution in [0.1, 0.15) is 37.6 Å². The van der Waals surface area contributed by atoms with Gasteiger partial charge in [0.25, 0.3) is 5.91 Å². The van der Waals surface area contributed by atoms with Crippen molar-refractivity contribution in [3.63, 3.8) is 0 Å². The Morgan fingerprint density at radius 1 is 1.24 bits per heavy atom. The summed E-state index contributed by atoms with van der Waals surface area (Å²) in [5.41, 5.74) is 0.505. The van der Waals surface area contributed by atoms with E-state index in [0.29, 0.717) is 31.1 Å². The van der Waals surface area contributed by atoms with Gasteiger partial charge in [-0.1, -0.05) is 6.92 Å². The van der Waals surface area contributed by atoms with Crippen LogP contribution in [-0.4, -0.2) is 51.4 Å². The summed E-state index contributed by atoms with van der Waals surface area (Å²) in [4.78, 5) is 14.2. The lowest BCUT2D eigenvalue weighted by Crippen LogP contribution is -2.50. The molecule has 6 nitrogen and oxygen atoms in total. The van der Waals surface area contributed by atoms with Gasteiger partial charge in [-0.25, -0.2) is 13.1 Å². The molecule has 2 N–H and O–H groups in total. The van der Waals surface area contributed by atoms with E-state index in [-0.39, 0.29) is 29.3 Å². The van der Waals surface area contributed by atoms with Gasteiger partial charge in [0, 0.05) is 31.2 Å². The largest absolute Gasteiger partial charge is 0.339 e. The molecule has 1 amide bonds. The van der Waals surface area contributed by atoms with E-state index in [2.05, 4.69) is 17.0 Å². The molecule has 1 aliphatic heterocycles. The normalized spacial score (nSPS) is 20.6. The van der Waals surface area contributed by atoms with Crippen molar-refractivity contribution in [3.05, 3.63) is 29.8 Å². The highest BCUT2D eigenvalue weighted by molar-refractivity contribution is 7.89. The predicted octanol–water partition coefficient (Wildman–Crippen LogP) is 1.87. The standard InChI is InChI=1S/C17H27N3O3S.ClH/c1-4-20(5-2)17(21)14-6-8-15(9-7-14)24(22,23)19-16-12-18-11-10-13(16)3;/h6-9,13,16,18-19H,4-5,10-12H2,1-3H3;1H. The van der Waals surface area contributed by atoms with Crippen LogP contribution in [0.2, 0.25) is 0 Å². The number of carbonyl (C=O) groups is 1. The van der Waals surface area contributed by atoms with Gasteiger partial charge in [-0.3, -0.25) is 4.79 Å². The van der Waals surface area contributed by atoms with Gasteiger partial charge in [-0.05, 0) is 57.0 Å². The summed E-state index contributed by atoms with van der Waals surface area (Å²) < 4.78 is 27.8. The first kappa shape index (κ1) is 21.9. The second-order valence-electron chi connectivity index (χ2n) is 6.20. The fraction of sp³-hybridized carbons (Fsp3) is 0.588. The lowest BCUT2D eigenvalue weighted by Gasteiger charge is -2.30. The molecule has 1 saturated heterocycles. The number of hydrogen-bond acceptors (Lipinski definition) is 4. The Labute approximate surface area is 156 Å². The summed E-state index contributed by atoms with van der Waals surface area (Å²) in [6, 6.07) is 6.05. The zero-order valence-corrected chi connectivity index (χ0v) is 16.6. The zero-order valence-electron chi connectivity index (χ0n) is 15.0. The number of benzene rings is 1. The molecular weight excluding hydrogens is 362 g/mol. The predicted molar refractivity (Wildman–Crippen MR) is 102 cm³/mol. The number of hydrogen-bond donors (Lipinski definition) is 2. The summed E-state index contributed by atoms with van der Waals surface area (Å²) in [7, 11) is -3.58. The Kier molecular flexibility index (Phi) is 8.34. The lowest BCUT2D eigenvalue weighted by atomic mass is 9.96. The number of piperidine rings is 1. The molecule has 0 saturated carbocycles. The first-order valence-corrected chi connectivity index (χ1v) is 9.99. The molecule has 142 valence electrons. The van der Waals surface area contributed by atoms with Gasteiger partial charge in [0.05, 0.1) is 4.90 Å². The van der Waals surface area contributed by atoms with Gasteiger partial charge >= 0.3 is 0 Å². The van der Waals surface area contributed by atoms with Crippen molar-refractivity contribution < 1.29 is 13.2 Å². The average molecular weight is 390 g/mol. The SMILES string of the molecule is CCN(CC)C(=O)c1ccc(S(=O)(=O)NC2CNCCC2C)cc1.Cl. The van der Waals surface area contributed by atoms with Gasteiger partial charge in [0.1, 0.15) is 0 Å². The van der Waals surface area contributed by atoms with E-state index in [4.69, 9.17) is 0 Å². The molecule has 2 rings (SSSR count). The Balaban J connectivity index is 0.00000312. The number of nitrogens with one attached hydrogen (secondary N) is 2. The first-order chi connectivity index (χ1) is 11.4. The zero-order chi connectivity index (χ0) is 17.7. The van der Waals surface area contributed by atoms with E-state index in [9.17, 15) is 13.2 Å². The van der Waals surface area contributed by atoms with Crippen LogP contribution in [0.4, 0.5) is 0 Å². The van der Waals surface area contributed by atoms with E-state index in [1.54, 1.807) is 17.0 Å². The van der Waals surface area contributed by atoms with E-state index in [1.165, 1.54) is 12.1 Å². The number of sulfonamides is 1. The summed E-state index contributed by atoms with van der Waals surface area (Å²) in [5.74, 6) is 0.214. The fourth-order valence-corrected chi connectivity index (χ4v) is 4.23. The highest BCUT2D eigenvalue weighted by Crippen LogP contribution is 2.17. The van der Waals surface area contributed by atoms with Gasteiger partial charge in [0.2, 0.25) is 10.0 Å². The van der Waals surface area contributed by atoms with E-state index < -0.39 is 10.0 Å². The minimum absolute atomic E-state index is 0. The summed E-state index contributed by atoms with van der Waals surface area (Å²) in [5, 5.41) is 3.21. The lowest BCUT2D eigenvalue weighted by molar-refractivity contribution is 0.0773. The van der Waals surface area contributed by atoms with Crippen LogP contribution in [0.25, 0.3) is 0 Å². The van der Waals surface area contributed by atoms with Crippen molar-refractivity contribution in [2.24, 2.45) is 5.92 Å². The van der Waals surface area contributed by atoms with Crippen LogP contribution < -0.4 is 10.0 Å². The van der Waals surface area contributed by atoms with Gasteiger partial charge in [0.15, 0.2) is 0 Å². The third kappa shape index (κ3) is 5.41. The number of halogens is 1. The van der Waals surface area contributed by atoms with Crippen LogP contribution >= 0.6 is 12.4 Å². The monoisotopic (exact) mass is 389 g/mol. The Morgan fingerprint density at radius 3 is 2.36 bits per heavy atom. The van der Waals surface area contributed by atoms with Crippen LogP contribution in [-0.2, 0) is 10.0 Å². The molecule has 25 heavy (non-hydrogen) atoms. The van der Waals surface area contributed by atoms with Crippen molar-refractivity contribution >= 4 is 28.3 Å². The molecule has 2 unspecified atom stereocenters. The molecule has 0 radical (unpaired) electrons. The van der Waals surface area contributed by atoms with E-state index in [0.717, 1.165) is 13.0 Å². The highest BCUT2D eigenvalue weighted by atomic mass is 35.5. The topological polar surface area (TPSA) is 78.5 Å². The molecule has 1 aromatic rings. The number of carbonyl (C=O) groups excluding carboxylic acids is 1. The van der Waals surface area contributed by atoms with Crippen LogP contribution in [0.3, 0.4) is 0 Å². The molecule has 1 aromatic carbocycles. The first-order valence-electron chi connectivity index (χ1n) is 8.51. The quantitative estimate of drug-likeness (QED) is 0.778. The molecule has 0 bridgehead atoms. The Hall–Kier alpha value is -1.15. The molecule has 1 heterocycles. The third-order valence-electron chi connectivity index (χ3n) is 4.60. The van der Waals surface area contributed by atoms with Crippen LogP contribution in [0.15, 0.2) is 29.2 Å². The summed E-state index contributed by atoms with van der Waals surface area (Å²) in [6.45, 7) is 8.71. The Bertz CT molecular complexity index is 660. The maximum atomic E-state index is 12.5. The van der Waals surface area contributed by atoms with E-state index in [1.807, 2.05) is 13.8 Å². The van der Waals surface area contributed by atoms with Gasteiger partial charge in [-0.15, -0.1) is 12.4 Å². The molecule has 2 atom stereocenters. The van der Waals surface area contributed by atoms with Crippen LogP contribution in [0.5, 0.6) is 0 Å². The second kappa shape index (κ2) is 9.52. The maximum absolute atomic E-state index is 12.5. The molecule has 0 aromatic heterocycles. The molecule has 8 heteroatoms. The van der Waals surface area contributed by atoms with Crippen LogP contribution in [0, 0.1) is 5.92 Å². The number of amides is 1. The van der Waals surface area contributed by atoms with Crippen molar-refractivity contribution in [1.82, 2.24) is 14.9 Å². The molecule has 1 aliphatic rings. The summed E-state index contributed by atoms with van der Waals surface area (Å²) >= 11 is 0. The second-order valence-corrected chi connectivity index (χ2v) is 7.91. The summed E-state index contributed by atoms with van der Waals surface area (Å²) in [6.07, 6.45) is 0.949. The molecule has 1 fully saturated rings. The highest BCUT2D eigenvalue weighted by Gasteiger charge is 2.26. The smallest absolute Gasteiger partial charge is 0.253 e. The van der Waals surface area contributed by atoms with E-state index >= 15 is 0 Å². The van der Waals surface area contributed by atoms with Crippen molar-refractivity contribution in [2.75, 3.05) is 26.2 Å². The minimum atomic E-state index is -3.58. The Morgan fingerprint density at radius 2 is 1.84 bits per heavy atom. The number of rotatable bonds is 6. The van der Waals surface area contributed by atoms with Gasteiger partial charge in [-0.2, -0.15) is 0 Å². The molecule has 0 spiro atoms. The number of nitrogens with zero attached hydrogens (tertiary/aromatic N) is 1. The minimum Gasteiger partial charge on any atom is -0.339 e. The molecular formula is C17H28ClN3O3S. The molecule has 0 aliphatic carbocycles. The van der Waals surface area contributed by atoms with Crippen molar-refractivity contribution in [2.45, 2.75) is 38.1 Å². The van der Waals surface area contributed by atoms with Crippen molar-refractivity contribution in [1.29, 1.82) is 0 Å². The van der Waals surface area contributed by atoms with Crippen molar-refractivity contribution in [3.8, 4) is 0 Å². The van der Waals surface area contributed by atoms with Gasteiger partial charge < -0.3 is 10.2 Å².